The van der Waals surface area contributed by atoms with E-state index < -0.39 is 23.1 Å². The smallest absolute Gasteiger partial charge is 0.272 e. The number of ether oxygens (including phenoxy) is 2. The van der Waals surface area contributed by atoms with Gasteiger partial charge in [-0.25, -0.2) is 18.8 Å². The van der Waals surface area contributed by atoms with Crippen molar-refractivity contribution in [2.45, 2.75) is 19.8 Å². The summed E-state index contributed by atoms with van der Waals surface area (Å²) in [5.41, 5.74) is 1.39. The fourth-order valence-corrected chi connectivity index (χ4v) is 3.18. The number of rotatable bonds is 9. The Bertz CT molecular complexity index is 716. The first-order chi connectivity index (χ1) is 11.7. The van der Waals surface area contributed by atoms with Crippen LogP contribution in [0.3, 0.4) is 0 Å². The summed E-state index contributed by atoms with van der Waals surface area (Å²) in [6.07, 6.45) is 4.08. The Morgan fingerprint density at radius 1 is 1.24 bits per heavy atom. The van der Waals surface area contributed by atoms with Gasteiger partial charge in [-0.3, -0.25) is 0 Å². The maximum Gasteiger partial charge on any atom is 0.272 e. The number of hydrogen-bond acceptors (Lipinski definition) is 3. The lowest BCUT2D eigenvalue weighted by Gasteiger charge is -2.24. The lowest BCUT2D eigenvalue weighted by Crippen LogP contribution is -2.11. The van der Waals surface area contributed by atoms with Gasteiger partial charge in [0.1, 0.15) is 19.1 Å². The predicted molar refractivity (Wildman–Crippen MR) is 101 cm³/mol. The van der Waals surface area contributed by atoms with Crippen molar-refractivity contribution in [2.75, 3.05) is 37.7 Å². The maximum atomic E-state index is 12.4. The Morgan fingerprint density at radius 3 is 2.56 bits per heavy atom. The van der Waals surface area contributed by atoms with Crippen LogP contribution in [-0.2, 0) is 18.1 Å². The van der Waals surface area contributed by atoms with Crippen molar-refractivity contribution < 1.29 is 23.4 Å². The number of halogens is 3. The zero-order valence-corrected chi connectivity index (χ0v) is 16.2. The van der Waals surface area contributed by atoms with Crippen LogP contribution >= 0.6 is 21.6 Å². The lowest BCUT2D eigenvalue weighted by molar-refractivity contribution is 0.0816. The quantitative estimate of drug-likeness (QED) is 0.650. The summed E-state index contributed by atoms with van der Waals surface area (Å²) in [4.78, 5) is 0. The first kappa shape index (κ1) is 20.3. The van der Waals surface area contributed by atoms with Crippen LogP contribution in [0.25, 0.3) is 10.9 Å². The molecule has 0 bridgehead atoms. The van der Waals surface area contributed by atoms with Crippen molar-refractivity contribution in [3.05, 3.63) is 28.9 Å². The summed E-state index contributed by atoms with van der Waals surface area (Å²) in [5.74, 6) is 1.17. The molecule has 0 aliphatic carbocycles. The molecule has 25 heavy (non-hydrogen) atoms. The molecule has 2 aromatic rings. The second kappa shape index (κ2) is 8.58. The van der Waals surface area contributed by atoms with E-state index in [0.29, 0.717) is 12.3 Å². The minimum atomic E-state index is -2.57. The number of fused-ring (bicyclic) bond motifs is 1. The molecule has 0 aliphatic rings. The average molecular weight is 396 g/mol. The SMILES string of the molecule is CS(C)(C)CCOCn1c(CO)cc2cc(Cl)c(OCC(F)F)cc21. The van der Waals surface area contributed by atoms with Crippen molar-refractivity contribution in [1.29, 1.82) is 0 Å². The van der Waals surface area contributed by atoms with Gasteiger partial charge >= 0.3 is 0 Å². The van der Waals surface area contributed by atoms with E-state index in [2.05, 4.69) is 18.8 Å². The fourth-order valence-electron chi connectivity index (χ4n) is 2.33. The second-order valence-electron chi connectivity index (χ2n) is 6.60. The zero-order valence-electron chi connectivity index (χ0n) is 14.6. The largest absolute Gasteiger partial charge is 0.486 e. The van der Waals surface area contributed by atoms with Crippen LogP contribution in [0.15, 0.2) is 18.2 Å². The number of hydrogen-bond donors (Lipinski definition) is 1. The minimum Gasteiger partial charge on any atom is -0.486 e. The highest BCUT2D eigenvalue weighted by atomic mass is 35.5. The Balaban J connectivity index is 2.22. The molecular formula is C17H24ClF2NO3S. The molecule has 0 saturated heterocycles. The van der Waals surface area contributed by atoms with E-state index in [4.69, 9.17) is 21.1 Å². The fraction of sp³-hybridized carbons (Fsp3) is 0.529. The molecule has 0 saturated carbocycles. The molecule has 2 rings (SSSR count). The second-order valence-corrected chi connectivity index (χ2v) is 11.6. The van der Waals surface area contributed by atoms with Crippen LogP contribution in [-0.4, -0.2) is 53.8 Å². The van der Waals surface area contributed by atoms with Gasteiger partial charge in [-0.1, -0.05) is 11.6 Å². The monoisotopic (exact) mass is 395 g/mol. The molecule has 0 amide bonds. The highest BCUT2D eigenvalue weighted by Gasteiger charge is 2.14. The molecule has 0 unspecified atom stereocenters. The van der Waals surface area contributed by atoms with Gasteiger partial charge in [-0.2, -0.15) is 0 Å². The maximum absolute atomic E-state index is 12.4. The third-order valence-electron chi connectivity index (χ3n) is 3.63. The van der Waals surface area contributed by atoms with Gasteiger partial charge < -0.3 is 19.1 Å². The van der Waals surface area contributed by atoms with Crippen molar-refractivity contribution in [1.82, 2.24) is 4.57 Å². The number of alkyl halides is 2. The number of nitrogens with zero attached hydrogens (tertiary/aromatic N) is 1. The van der Waals surface area contributed by atoms with E-state index in [1.54, 1.807) is 22.8 Å². The van der Waals surface area contributed by atoms with Crippen molar-refractivity contribution in [2.24, 2.45) is 0 Å². The Hall–Kier alpha value is -1.02. The Kier molecular flexibility index (Phi) is 6.96. The van der Waals surface area contributed by atoms with Gasteiger partial charge in [0, 0.05) is 22.9 Å². The first-order valence-electron chi connectivity index (χ1n) is 7.78. The molecule has 1 heterocycles. The summed E-state index contributed by atoms with van der Waals surface area (Å²) < 4.78 is 37.4. The van der Waals surface area contributed by atoms with Crippen molar-refractivity contribution in [3.8, 4) is 5.75 Å². The Morgan fingerprint density at radius 2 is 1.96 bits per heavy atom. The van der Waals surface area contributed by atoms with Gasteiger partial charge in [0.15, 0.2) is 0 Å². The molecule has 1 aromatic carbocycles. The molecule has 0 radical (unpaired) electrons. The molecule has 0 fully saturated rings. The number of aliphatic hydroxyl groups excluding tert-OH is 1. The van der Waals surface area contributed by atoms with Crippen LogP contribution in [0.5, 0.6) is 5.75 Å². The number of aromatic nitrogens is 1. The third kappa shape index (κ3) is 5.74. The highest BCUT2D eigenvalue weighted by molar-refractivity contribution is 8.32. The van der Waals surface area contributed by atoms with Crippen LogP contribution < -0.4 is 4.74 Å². The molecule has 1 N–H and O–H groups in total. The summed E-state index contributed by atoms with van der Waals surface area (Å²) in [5, 5.41) is 10.6. The van der Waals surface area contributed by atoms with Gasteiger partial charge in [-0.05, 0) is 30.9 Å². The van der Waals surface area contributed by atoms with E-state index in [1.165, 1.54) is 0 Å². The molecule has 1 aromatic heterocycles. The highest BCUT2D eigenvalue weighted by Crippen LogP contribution is 2.34. The summed E-state index contributed by atoms with van der Waals surface area (Å²) in [6, 6.07) is 5.06. The molecule has 8 heteroatoms. The predicted octanol–water partition coefficient (Wildman–Crippen LogP) is 4.10. The topological polar surface area (TPSA) is 43.6 Å². The van der Waals surface area contributed by atoms with Gasteiger partial charge in [0.2, 0.25) is 0 Å². The summed E-state index contributed by atoms with van der Waals surface area (Å²) in [6.45, 7) is 0.00753. The lowest BCUT2D eigenvalue weighted by atomic mass is 10.2. The summed E-state index contributed by atoms with van der Waals surface area (Å²) >= 11 is 6.10. The number of benzene rings is 1. The molecule has 0 atom stereocenters. The van der Waals surface area contributed by atoms with Crippen LogP contribution in [0.1, 0.15) is 5.69 Å². The van der Waals surface area contributed by atoms with Gasteiger partial charge in [-0.15, -0.1) is 0 Å². The summed E-state index contributed by atoms with van der Waals surface area (Å²) in [7, 11) is -0.643. The zero-order chi connectivity index (χ0) is 18.6. The minimum absolute atomic E-state index is 0.159. The molecule has 4 nitrogen and oxygen atoms in total. The molecule has 0 spiro atoms. The van der Waals surface area contributed by atoms with Gasteiger partial charge in [0.05, 0.1) is 23.8 Å². The van der Waals surface area contributed by atoms with Crippen molar-refractivity contribution >= 4 is 32.5 Å². The van der Waals surface area contributed by atoms with E-state index in [-0.39, 0.29) is 24.1 Å². The normalized spacial score (nSPS) is 13.0. The number of aliphatic hydroxyl groups is 1. The van der Waals surface area contributed by atoms with Crippen LogP contribution in [0.4, 0.5) is 8.78 Å². The van der Waals surface area contributed by atoms with Crippen LogP contribution in [0.2, 0.25) is 5.02 Å². The third-order valence-corrected chi connectivity index (χ3v) is 5.31. The van der Waals surface area contributed by atoms with Crippen LogP contribution in [0, 0.1) is 0 Å². The Labute approximate surface area is 153 Å². The van der Waals surface area contributed by atoms with Crippen molar-refractivity contribution in [3.63, 3.8) is 0 Å². The molecule has 142 valence electrons. The standard InChI is InChI=1S/C17H24ClF2NO3S/c1-25(2,3)5-4-23-11-21-13(9-22)6-12-7-14(18)16(8-15(12)21)24-10-17(19)20/h6-8,17,22H,4-5,9-11H2,1-3H3. The van der Waals surface area contributed by atoms with E-state index >= 15 is 0 Å². The van der Waals surface area contributed by atoms with Gasteiger partial charge in [0.25, 0.3) is 6.43 Å². The molecule has 0 aliphatic heterocycles. The van der Waals surface area contributed by atoms with E-state index in [9.17, 15) is 13.9 Å². The first-order valence-corrected chi connectivity index (χ1v) is 11.2. The van der Waals surface area contributed by atoms with E-state index in [0.717, 1.165) is 16.7 Å². The van der Waals surface area contributed by atoms with E-state index in [1.807, 2.05) is 0 Å². The molecular weight excluding hydrogens is 372 g/mol. The average Bonchev–Trinajstić information content (AvgIpc) is 2.84.